The fourth-order valence-corrected chi connectivity index (χ4v) is 2.19. The zero-order valence-electron chi connectivity index (χ0n) is 7.35. The third-order valence-corrected chi connectivity index (χ3v) is 3.39. The van der Waals surface area contributed by atoms with E-state index in [1.54, 1.807) is 0 Å². The molecular formula is C9H15NS. The summed E-state index contributed by atoms with van der Waals surface area (Å²) in [5.74, 6) is 0. The topological polar surface area (TPSA) is 26.0 Å². The Balaban J connectivity index is 2.95. The SMILES string of the molecule is CCc1sc([C@H](C)N)cc1C. The van der Waals surface area contributed by atoms with E-state index in [9.17, 15) is 0 Å². The molecule has 0 spiro atoms. The largest absolute Gasteiger partial charge is 0.324 e. The van der Waals surface area contributed by atoms with E-state index < -0.39 is 0 Å². The van der Waals surface area contributed by atoms with E-state index in [0.717, 1.165) is 6.42 Å². The molecule has 0 fully saturated rings. The van der Waals surface area contributed by atoms with Crippen molar-refractivity contribution in [1.29, 1.82) is 0 Å². The molecular weight excluding hydrogens is 154 g/mol. The highest BCUT2D eigenvalue weighted by molar-refractivity contribution is 7.12. The molecule has 0 saturated heterocycles. The zero-order valence-corrected chi connectivity index (χ0v) is 8.16. The number of rotatable bonds is 2. The molecule has 1 nitrogen and oxygen atoms in total. The second-order valence-electron chi connectivity index (χ2n) is 2.90. The highest BCUT2D eigenvalue weighted by Crippen LogP contribution is 2.25. The van der Waals surface area contributed by atoms with Gasteiger partial charge in [-0.3, -0.25) is 0 Å². The smallest absolute Gasteiger partial charge is 0.0361 e. The van der Waals surface area contributed by atoms with Crippen LogP contribution in [0.5, 0.6) is 0 Å². The number of aryl methyl sites for hydroxylation is 2. The molecule has 0 aromatic carbocycles. The van der Waals surface area contributed by atoms with Gasteiger partial charge in [0.2, 0.25) is 0 Å². The van der Waals surface area contributed by atoms with Gasteiger partial charge in [-0.2, -0.15) is 0 Å². The quantitative estimate of drug-likeness (QED) is 0.723. The molecule has 1 atom stereocenters. The van der Waals surface area contributed by atoms with Gasteiger partial charge in [-0.15, -0.1) is 11.3 Å². The van der Waals surface area contributed by atoms with Crippen LogP contribution in [-0.4, -0.2) is 0 Å². The molecule has 0 unspecified atom stereocenters. The van der Waals surface area contributed by atoms with Crippen LogP contribution < -0.4 is 5.73 Å². The molecule has 1 aromatic rings. The standard InChI is InChI=1S/C9H15NS/c1-4-8-6(2)5-9(11-8)7(3)10/h5,7H,4,10H2,1-3H3/t7-/m0/s1. The number of hydrogen-bond donors (Lipinski definition) is 1. The van der Waals surface area contributed by atoms with Crippen molar-refractivity contribution in [2.45, 2.75) is 33.2 Å². The third kappa shape index (κ3) is 1.82. The average Bonchev–Trinajstić information content (AvgIpc) is 2.31. The van der Waals surface area contributed by atoms with Crippen LogP contribution in [0.1, 0.15) is 35.2 Å². The minimum Gasteiger partial charge on any atom is -0.324 e. The molecule has 0 bridgehead atoms. The Bertz CT molecular complexity index is 238. The highest BCUT2D eigenvalue weighted by atomic mass is 32.1. The van der Waals surface area contributed by atoms with Crippen molar-refractivity contribution in [3.05, 3.63) is 21.4 Å². The Labute approximate surface area is 72.2 Å². The fourth-order valence-electron chi connectivity index (χ4n) is 1.12. The first-order chi connectivity index (χ1) is 5.15. The number of nitrogens with two attached hydrogens (primary N) is 1. The lowest BCUT2D eigenvalue weighted by Gasteiger charge is -1.97. The summed E-state index contributed by atoms with van der Waals surface area (Å²) < 4.78 is 0. The number of thiophene rings is 1. The summed E-state index contributed by atoms with van der Waals surface area (Å²) in [6.07, 6.45) is 1.13. The predicted molar refractivity (Wildman–Crippen MR) is 51.0 cm³/mol. The molecule has 0 aliphatic carbocycles. The lowest BCUT2D eigenvalue weighted by atomic mass is 10.2. The Morgan fingerprint density at radius 3 is 2.55 bits per heavy atom. The van der Waals surface area contributed by atoms with Crippen LogP contribution in [0.15, 0.2) is 6.07 Å². The van der Waals surface area contributed by atoms with Crippen LogP contribution in [0, 0.1) is 6.92 Å². The molecule has 1 aromatic heterocycles. The van der Waals surface area contributed by atoms with Crippen molar-refractivity contribution < 1.29 is 0 Å². The Morgan fingerprint density at radius 2 is 2.27 bits per heavy atom. The van der Waals surface area contributed by atoms with Crippen molar-refractivity contribution in [3.8, 4) is 0 Å². The normalized spacial score (nSPS) is 13.5. The maximum absolute atomic E-state index is 5.76. The van der Waals surface area contributed by atoms with Crippen LogP contribution in [-0.2, 0) is 6.42 Å². The zero-order chi connectivity index (χ0) is 8.43. The molecule has 0 saturated carbocycles. The minimum absolute atomic E-state index is 0.194. The van der Waals surface area contributed by atoms with Crippen molar-refractivity contribution in [2.75, 3.05) is 0 Å². The van der Waals surface area contributed by atoms with Gasteiger partial charge >= 0.3 is 0 Å². The van der Waals surface area contributed by atoms with E-state index in [4.69, 9.17) is 5.73 Å². The molecule has 0 amide bonds. The van der Waals surface area contributed by atoms with Gasteiger partial charge in [0.25, 0.3) is 0 Å². The van der Waals surface area contributed by atoms with Crippen molar-refractivity contribution in [2.24, 2.45) is 5.73 Å². The van der Waals surface area contributed by atoms with Crippen molar-refractivity contribution >= 4 is 11.3 Å². The summed E-state index contributed by atoms with van der Waals surface area (Å²) in [6, 6.07) is 2.40. The van der Waals surface area contributed by atoms with Crippen LogP contribution >= 0.6 is 11.3 Å². The molecule has 1 rings (SSSR count). The van der Waals surface area contributed by atoms with E-state index in [1.807, 2.05) is 18.3 Å². The minimum atomic E-state index is 0.194. The molecule has 62 valence electrons. The Morgan fingerprint density at radius 1 is 1.64 bits per heavy atom. The summed E-state index contributed by atoms with van der Waals surface area (Å²) >= 11 is 1.84. The number of hydrogen-bond acceptors (Lipinski definition) is 2. The predicted octanol–water partition coefficient (Wildman–Crippen LogP) is 2.64. The molecule has 2 heteroatoms. The van der Waals surface area contributed by atoms with Gasteiger partial charge in [0.05, 0.1) is 0 Å². The van der Waals surface area contributed by atoms with E-state index in [-0.39, 0.29) is 6.04 Å². The van der Waals surface area contributed by atoms with E-state index in [1.165, 1.54) is 15.3 Å². The lowest BCUT2D eigenvalue weighted by Crippen LogP contribution is -2.01. The average molecular weight is 169 g/mol. The van der Waals surface area contributed by atoms with Gasteiger partial charge in [0, 0.05) is 15.8 Å². The molecule has 2 N–H and O–H groups in total. The summed E-state index contributed by atoms with van der Waals surface area (Å²) in [4.78, 5) is 2.77. The van der Waals surface area contributed by atoms with Gasteiger partial charge in [0.1, 0.15) is 0 Å². The van der Waals surface area contributed by atoms with Crippen LogP contribution in [0.25, 0.3) is 0 Å². The van der Waals surface area contributed by atoms with Crippen LogP contribution in [0.4, 0.5) is 0 Å². The third-order valence-electron chi connectivity index (χ3n) is 1.81. The maximum Gasteiger partial charge on any atom is 0.0361 e. The summed E-state index contributed by atoms with van der Waals surface area (Å²) in [6.45, 7) is 6.37. The van der Waals surface area contributed by atoms with Gasteiger partial charge in [0.15, 0.2) is 0 Å². The lowest BCUT2D eigenvalue weighted by molar-refractivity contribution is 0.838. The Kier molecular flexibility index (Phi) is 2.68. The molecule has 0 aliphatic heterocycles. The first-order valence-electron chi connectivity index (χ1n) is 4.00. The highest BCUT2D eigenvalue weighted by Gasteiger charge is 2.06. The second-order valence-corrected chi connectivity index (χ2v) is 4.07. The van der Waals surface area contributed by atoms with Crippen molar-refractivity contribution in [3.63, 3.8) is 0 Å². The van der Waals surface area contributed by atoms with E-state index in [2.05, 4.69) is 19.9 Å². The molecule has 0 aliphatic rings. The van der Waals surface area contributed by atoms with Gasteiger partial charge < -0.3 is 5.73 Å². The van der Waals surface area contributed by atoms with Crippen LogP contribution in [0.3, 0.4) is 0 Å². The molecule has 11 heavy (non-hydrogen) atoms. The van der Waals surface area contributed by atoms with Gasteiger partial charge in [-0.1, -0.05) is 6.92 Å². The summed E-state index contributed by atoms with van der Waals surface area (Å²) in [5, 5.41) is 0. The second kappa shape index (κ2) is 3.37. The van der Waals surface area contributed by atoms with Crippen LogP contribution in [0.2, 0.25) is 0 Å². The van der Waals surface area contributed by atoms with Crippen molar-refractivity contribution in [1.82, 2.24) is 0 Å². The summed E-state index contributed by atoms with van der Waals surface area (Å²) in [5.41, 5.74) is 7.15. The maximum atomic E-state index is 5.76. The van der Waals surface area contributed by atoms with E-state index in [0.29, 0.717) is 0 Å². The first-order valence-corrected chi connectivity index (χ1v) is 4.81. The van der Waals surface area contributed by atoms with Gasteiger partial charge in [-0.05, 0) is 31.9 Å². The van der Waals surface area contributed by atoms with Gasteiger partial charge in [-0.25, -0.2) is 0 Å². The monoisotopic (exact) mass is 169 g/mol. The molecule has 0 radical (unpaired) electrons. The Hall–Kier alpha value is -0.340. The first kappa shape index (κ1) is 8.75. The summed E-state index contributed by atoms with van der Waals surface area (Å²) in [7, 11) is 0. The van der Waals surface area contributed by atoms with E-state index >= 15 is 0 Å². The fraction of sp³-hybridized carbons (Fsp3) is 0.556. The molecule has 1 heterocycles.